The van der Waals surface area contributed by atoms with Crippen LogP contribution in [0.5, 0.6) is 0 Å². The second kappa shape index (κ2) is 18.2. The summed E-state index contributed by atoms with van der Waals surface area (Å²) in [6, 6.07) is -0.521. The Labute approximate surface area is 155 Å². The average Bonchev–Trinajstić information content (AvgIpc) is 2.61. The largest absolute Gasteiger partial charge is 0.394 e. The number of carbonyl (C=O) groups excluding carboxylic acids is 1. The fourth-order valence-electron chi connectivity index (χ4n) is 3.12. The van der Waals surface area contributed by atoms with E-state index >= 15 is 0 Å². The molecule has 4 nitrogen and oxygen atoms in total. The molecule has 2 unspecified atom stereocenters. The van der Waals surface area contributed by atoms with Crippen LogP contribution in [0.3, 0.4) is 0 Å². The van der Waals surface area contributed by atoms with E-state index in [1.165, 1.54) is 51.4 Å². The first kappa shape index (κ1) is 24.4. The molecule has 1 amide bonds. The lowest BCUT2D eigenvalue weighted by atomic mass is 10.0. The van der Waals surface area contributed by atoms with Crippen molar-refractivity contribution in [2.75, 3.05) is 6.61 Å². The van der Waals surface area contributed by atoms with Crippen molar-refractivity contribution < 1.29 is 15.0 Å². The molecule has 0 bridgehead atoms. The number of unbranched alkanes of at least 4 members (excludes halogenated alkanes) is 11. The van der Waals surface area contributed by atoms with Gasteiger partial charge >= 0.3 is 0 Å². The van der Waals surface area contributed by atoms with Crippen LogP contribution < -0.4 is 5.32 Å². The zero-order valence-corrected chi connectivity index (χ0v) is 16.8. The maximum absolute atomic E-state index is 12.0. The van der Waals surface area contributed by atoms with Gasteiger partial charge in [-0.2, -0.15) is 0 Å². The zero-order chi connectivity index (χ0) is 18.8. The smallest absolute Gasteiger partial charge is 0.220 e. The molecule has 0 fully saturated rings. The van der Waals surface area contributed by atoms with E-state index in [0.29, 0.717) is 12.8 Å². The minimum atomic E-state index is -0.645. The number of amides is 1. The first-order valence-corrected chi connectivity index (χ1v) is 10.7. The Morgan fingerprint density at radius 3 is 1.80 bits per heavy atom. The molecule has 0 aliphatic carbocycles. The molecule has 0 saturated heterocycles. The van der Waals surface area contributed by atoms with Crippen molar-refractivity contribution in [3.63, 3.8) is 0 Å². The average molecular weight is 358 g/mol. The Balaban J connectivity index is 3.66. The van der Waals surface area contributed by atoms with E-state index in [1.807, 2.05) is 0 Å². The monoisotopic (exact) mass is 357 g/mol. The third-order valence-electron chi connectivity index (χ3n) is 4.87. The van der Waals surface area contributed by atoms with Gasteiger partial charge in [-0.25, -0.2) is 0 Å². The van der Waals surface area contributed by atoms with E-state index in [4.69, 9.17) is 0 Å². The van der Waals surface area contributed by atoms with Gasteiger partial charge in [0.2, 0.25) is 5.91 Å². The van der Waals surface area contributed by atoms with Crippen molar-refractivity contribution >= 4 is 5.91 Å². The predicted molar refractivity (Wildman–Crippen MR) is 106 cm³/mol. The van der Waals surface area contributed by atoms with Crippen LogP contribution in [0, 0.1) is 0 Å². The molecule has 0 aromatic carbocycles. The summed E-state index contributed by atoms with van der Waals surface area (Å²) in [7, 11) is 0. The molecular formula is C21H43NO3. The number of hydrogen-bond acceptors (Lipinski definition) is 3. The standard InChI is InChI=1S/C21H43NO3/c1-3-5-7-9-10-11-12-13-15-17-21(25)22-19(18-23)20(24)16-14-8-6-4-2/h19-20,23-24H,3-18H2,1-2H3,(H,22,25). The van der Waals surface area contributed by atoms with Crippen LogP contribution in [0.4, 0.5) is 0 Å². The quantitative estimate of drug-likeness (QED) is 0.311. The summed E-state index contributed by atoms with van der Waals surface area (Å²) in [5.41, 5.74) is 0. The second-order valence-electron chi connectivity index (χ2n) is 7.35. The van der Waals surface area contributed by atoms with Gasteiger partial charge in [-0.1, -0.05) is 90.9 Å². The summed E-state index contributed by atoms with van der Waals surface area (Å²) in [4.78, 5) is 12.0. The molecule has 0 spiro atoms. The number of aliphatic hydroxyl groups excluding tert-OH is 2. The Kier molecular flexibility index (Phi) is 17.7. The van der Waals surface area contributed by atoms with E-state index in [-0.39, 0.29) is 12.5 Å². The van der Waals surface area contributed by atoms with Gasteiger partial charge in [0.15, 0.2) is 0 Å². The van der Waals surface area contributed by atoms with Crippen molar-refractivity contribution in [2.24, 2.45) is 0 Å². The molecule has 0 radical (unpaired) electrons. The molecule has 25 heavy (non-hydrogen) atoms. The Bertz CT molecular complexity index is 297. The molecule has 0 aromatic heterocycles. The zero-order valence-electron chi connectivity index (χ0n) is 16.8. The van der Waals surface area contributed by atoms with Gasteiger partial charge in [0.1, 0.15) is 0 Å². The van der Waals surface area contributed by atoms with E-state index in [1.54, 1.807) is 0 Å². The molecule has 0 aromatic rings. The summed E-state index contributed by atoms with van der Waals surface area (Å²) in [5.74, 6) is -0.0467. The van der Waals surface area contributed by atoms with Crippen molar-refractivity contribution in [2.45, 2.75) is 122 Å². The van der Waals surface area contributed by atoms with Crippen LogP contribution in [0.25, 0.3) is 0 Å². The minimum absolute atomic E-state index is 0.0467. The molecule has 0 rings (SSSR count). The second-order valence-corrected chi connectivity index (χ2v) is 7.35. The van der Waals surface area contributed by atoms with Crippen molar-refractivity contribution in [3.8, 4) is 0 Å². The van der Waals surface area contributed by atoms with E-state index in [9.17, 15) is 15.0 Å². The first-order chi connectivity index (χ1) is 12.2. The van der Waals surface area contributed by atoms with Gasteiger partial charge in [0.25, 0.3) is 0 Å². The molecule has 3 N–H and O–H groups in total. The summed E-state index contributed by atoms with van der Waals surface area (Å²) < 4.78 is 0. The Hall–Kier alpha value is -0.610. The van der Waals surface area contributed by atoms with Crippen molar-refractivity contribution in [3.05, 3.63) is 0 Å². The topological polar surface area (TPSA) is 69.6 Å². The van der Waals surface area contributed by atoms with Crippen LogP contribution in [0.15, 0.2) is 0 Å². The fourth-order valence-corrected chi connectivity index (χ4v) is 3.12. The number of rotatable bonds is 18. The summed E-state index contributed by atoms with van der Waals surface area (Å²) in [6.07, 6.45) is 15.9. The molecule has 0 aliphatic rings. The van der Waals surface area contributed by atoms with Crippen LogP contribution in [0.1, 0.15) is 110 Å². The maximum Gasteiger partial charge on any atom is 0.220 e. The molecular weight excluding hydrogens is 314 g/mol. The van der Waals surface area contributed by atoms with Crippen LogP contribution in [-0.4, -0.2) is 34.9 Å². The van der Waals surface area contributed by atoms with E-state index in [2.05, 4.69) is 19.2 Å². The van der Waals surface area contributed by atoms with Crippen molar-refractivity contribution in [1.82, 2.24) is 5.32 Å². The number of carbonyl (C=O) groups is 1. The molecule has 2 atom stereocenters. The maximum atomic E-state index is 12.0. The van der Waals surface area contributed by atoms with Gasteiger partial charge in [0, 0.05) is 6.42 Å². The molecule has 0 saturated carbocycles. The highest BCUT2D eigenvalue weighted by Crippen LogP contribution is 2.11. The third-order valence-corrected chi connectivity index (χ3v) is 4.87. The molecule has 150 valence electrons. The van der Waals surface area contributed by atoms with Gasteiger partial charge < -0.3 is 15.5 Å². The van der Waals surface area contributed by atoms with Crippen molar-refractivity contribution in [1.29, 1.82) is 0 Å². The highest BCUT2D eigenvalue weighted by atomic mass is 16.3. The highest BCUT2D eigenvalue weighted by molar-refractivity contribution is 5.76. The molecule has 4 heteroatoms. The lowest BCUT2D eigenvalue weighted by molar-refractivity contribution is -0.123. The molecule has 0 aliphatic heterocycles. The first-order valence-electron chi connectivity index (χ1n) is 10.7. The van der Waals surface area contributed by atoms with Crippen LogP contribution >= 0.6 is 0 Å². The highest BCUT2D eigenvalue weighted by Gasteiger charge is 2.19. The Morgan fingerprint density at radius 2 is 1.28 bits per heavy atom. The molecule has 0 heterocycles. The summed E-state index contributed by atoms with van der Waals surface area (Å²) in [6.45, 7) is 4.19. The number of hydrogen-bond donors (Lipinski definition) is 3. The Morgan fingerprint density at radius 1 is 0.800 bits per heavy atom. The van der Waals surface area contributed by atoms with Crippen LogP contribution in [-0.2, 0) is 4.79 Å². The van der Waals surface area contributed by atoms with Crippen LogP contribution in [0.2, 0.25) is 0 Å². The van der Waals surface area contributed by atoms with Gasteiger partial charge in [0.05, 0.1) is 18.8 Å². The minimum Gasteiger partial charge on any atom is -0.394 e. The SMILES string of the molecule is CCCCCCCCCCCC(=O)NC(CO)C(O)CCCCCC. The number of aliphatic hydroxyl groups is 2. The normalized spacial score (nSPS) is 13.6. The van der Waals surface area contributed by atoms with E-state index < -0.39 is 12.1 Å². The van der Waals surface area contributed by atoms with Gasteiger partial charge in [-0.05, 0) is 12.8 Å². The lowest BCUT2D eigenvalue weighted by Gasteiger charge is -2.22. The predicted octanol–water partition coefficient (Wildman–Crippen LogP) is 4.72. The fraction of sp³-hybridized carbons (Fsp3) is 0.952. The van der Waals surface area contributed by atoms with Gasteiger partial charge in [-0.15, -0.1) is 0 Å². The number of nitrogens with one attached hydrogen (secondary N) is 1. The lowest BCUT2D eigenvalue weighted by Crippen LogP contribution is -2.45. The van der Waals surface area contributed by atoms with Gasteiger partial charge in [-0.3, -0.25) is 4.79 Å². The third kappa shape index (κ3) is 15.4. The summed E-state index contributed by atoms with van der Waals surface area (Å²) in [5, 5.41) is 22.3. The summed E-state index contributed by atoms with van der Waals surface area (Å²) >= 11 is 0. The van der Waals surface area contributed by atoms with E-state index in [0.717, 1.165) is 32.1 Å².